The number of piperidine rings is 1. The number of sulfonamides is 1. The maximum atomic E-state index is 14.6. The topological polar surface area (TPSA) is 91.4 Å². The average molecular weight is 783 g/mol. The Bertz CT molecular complexity index is 1880. The van der Waals surface area contributed by atoms with Gasteiger partial charge in [-0.1, -0.05) is 36.7 Å². The largest absolute Gasteiger partial charge is 0.490 e. The van der Waals surface area contributed by atoms with Crippen molar-refractivity contribution in [3.63, 3.8) is 0 Å². The van der Waals surface area contributed by atoms with E-state index in [1.54, 1.807) is 13.0 Å². The van der Waals surface area contributed by atoms with Crippen LogP contribution in [0.5, 0.6) is 5.75 Å². The van der Waals surface area contributed by atoms with Crippen molar-refractivity contribution in [1.29, 1.82) is 0 Å². The summed E-state index contributed by atoms with van der Waals surface area (Å²) in [6, 6.07) is 11.8. The zero-order valence-corrected chi connectivity index (χ0v) is 33.5. The van der Waals surface area contributed by atoms with Crippen LogP contribution in [0.3, 0.4) is 0 Å². The van der Waals surface area contributed by atoms with Crippen LogP contribution in [0, 0.1) is 17.8 Å². The summed E-state index contributed by atoms with van der Waals surface area (Å²) in [5.74, 6) is 0.306. The van der Waals surface area contributed by atoms with Crippen molar-refractivity contribution >= 4 is 33.2 Å². The summed E-state index contributed by atoms with van der Waals surface area (Å²) in [5.41, 5.74) is 2.72. The van der Waals surface area contributed by atoms with E-state index in [0.717, 1.165) is 75.5 Å². The smallest absolute Gasteiger partial charge is 0.264 e. The molecule has 1 N–H and O–H groups in total. The van der Waals surface area contributed by atoms with Crippen LogP contribution in [0.4, 0.5) is 10.1 Å². The van der Waals surface area contributed by atoms with Crippen molar-refractivity contribution < 1.29 is 27.1 Å². The van der Waals surface area contributed by atoms with E-state index < -0.39 is 33.0 Å². The lowest BCUT2D eigenvalue weighted by atomic mass is 9.63. The van der Waals surface area contributed by atoms with Gasteiger partial charge in [-0.2, -0.15) is 0 Å². The van der Waals surface area contributed by atoms with Gasteiger partial charge >= 0.3 is 0 Å². The zero-order chi connectivity index (χ0) is 37.8. The van der Waals surface area contributed by atoms with Crippen molar-refractivity contribution in [2.45, 2.75) is 93.7 Å². The quantitative estimate of drug-likeness (QED) is 0.359. The molecule has 0 unspecified atom stereocenters. The Balaban J connectivity index is 1.18. The molecule has 4 aliphatic heterocycles. The van der Waals surface area contributed by atoms with Crippen molar-refractivity contribution in [2.75, 3.05) is 64.4 Å². The lowest BCUT2D eigenvalue weighted by Crippen LogP contribution is -2.62. The monoisotopic (exact) mass is 782 g/mol. The summed E-state index contributed by atoms with van der Waals surface area (Å²) in [6.45, 7) is 9.68. The predicted octanol–water partition coefficient (Wildman–Crippen LogP) is 6.39. The van der Waals surface area contributed by atoms with E-state index in [2.05, 4.69) is 43.7 Å². The molecule has 4 heterocycles. The summed E-state index contributed by atoms with van der Waals surface area (Å²) >= 11 is 6.50. The molecule has 2 saturated heterocycles. The van der Waals surface area contributed by atoms with Gasteiger partial charge < -0.3 is 14.4 Å². The Morgan fingerprint density at radius 2 is 1.93 bits per heavy atom. The number of anilines is 1. The van der Waals surface area contributed by atoms with Crippen molar-refractivity contribution in [2.24, 2.45) is 17.8 Å². The second kappa shape index (κ2) is 15.0. The van der Waals surface area contributed by atoms with Crippen LogP contribution in [0.25, 0.3) is 0 Å². The van der Waals surface area contributed by atoms with Crippen molar-refractivity contribution in [3.8, 4) is 5.75 Å². The van der Waals surface area contributed by atoms with Gasteiger partial charge in [-0.3, -0.25) is 14.6 Å². The summed E-state index contributed by atoms with van der Waals surface area (Å²) in [5, 5.41) is -0.0699. The third kappa shape index (κ3) is 7.21. The molecule has 1 amide bonds. The number of carbonyl (C=O) groups excluding carboxylic acids is 1. The van der Waals surface area contributed by atoms with E-state index in [0.29, 0.717) is 56.2 Å². The molecule has 2 aromatic carbocycles. The molecule has 9 nitrogen and oxygen atoms in total. The number of halogens is 2. The van der Waals surface area contributed by atoms with E-state index >= 15 is 0 Å². The molecule has 54 heavy (non-hydrogen) atoms. The molecule has 2 aromatic rings. The number of methoxy groups -OCH3 is 1. The number of nitrogens with zero attached hydrogens (tertiary/aromatic N) is 3. The minimum Gasteiger partial charge on any atom is -0.490 e. The maximum Gasteiger partial charge on any atom is 0.264 e. The van der Waals surface area contributed by atoms with Crippen LogP contribution in [0.1, 0.15) is 80.3 Å². The fraction of sp³-hybridized carbons (Fsp3) is 0.643. The highest BCUT2D eigenvalue weighted by atomic mass is 35.5. The normalized spacial score (nSPS) is 36.4. The molecule has 0 radical (unpaired) electrons. The first-order valence-corrected chi connectivity index (χ1v) is 22.0. The number of carbonyl (C=O) groups is 1. The molecule has 8 rings (SSSR count). The second-order valence-corrected chi connectivity index (χ2v) is 19.7. The third-order valence-corrected chi connectivity index (χ3v) is 16.2. The van der Waals surface area contributed by atoms with Gasteiger partial charge in [-0.05, 0) is 118 Å². The zero-order valence-electron chi connectivity index (χ0n) is 31.9. The molecule has 6 aliphatic rings. The first-order valence-electron chi connectivity index (χ1n) is 20.1. The number of nitrogens with one attached hydrogen (secondary N) is 1. The molecule has 1 spiro atoms. The van der Waals surface area contributed by atoms with E-state index in [1.807, 2.05) is 32.2 Å². The predicted molar refractivity (Wildman–Crippen MR) is 211 cm³/mol. The molecule has 0 aromatic heterocycles. The number of alkyl halides is 1. The van der Waals surface area contributed by atoms with E-state index in [9.17, 15) is 17.6 Å². The van der Waals surface area contributed by atoms with Gasteiger partial charge in [0, 0.05) is 75.0 Å². The van der Waals surface area contributed by atoms with Gasteiger partial charge in [-0.25, -0.2) is 17.5 Å². The Hall–Kier alpha value is -2.70. The summed E-state index contributed by atoms with van der Waals surface area (Å²) in [4.78, 5) is 21.0. The lowest BCUT2D eigenvalue weighted by molar-refractivity contribution is -0.101. The number of benzene rings is 2. The maximum absolute atomic E-state index is 14.6. The summed E-state index contributed by atoms with van der Waals surface area (Å²) < 4.78 is 57.6. The third-order valence-electron chi connectivity index (χ3n) is 14.0. The molecule has 8 atom stereocenters. The van der Waals surface area contributed by atoms with Crippen molar-refractivity contribution in [1.82, 2.24) is 14.5 Å². The fourth-order valence-corrected chi connectivity index (χ4v) is 12.0. The number of fused-ring (bicyclic) bond motifs is 5. The molecule has 1 saturated carbocycles. The van der Waals surface area contributed by atoms with Gasteiger partial charge in [0.2, 0.25) is 10.0 Å². The van der Waals surface area contributed by atoms with Crippen LogP contribution in [-0.4, -0.2) is 107 Å². The molecule has 294 valence electrons. The Morgan fingerprint density at radius 3 is 2.72 bits per heavy atom. The van der Waals surface area contributed by atoms with Crippen molar-refractivity contribution in [3.05, 3.63) is 70.3 Å². The SMILES string of the molecule is CO[C@]1(CN2CCN3CC[C@@H](F)C[C@H]3C2)/C=C/C[C@H](C)[C@@H](C)S(=O)(=O)NC(=O)c2ccc3c(c2)N(C[C@@H]2CC[C@H]21)C[C@@]1(CCCc2cc(Cl)ccc21)CO3. The molecule has 2 bridgehead atoms. The molecule has 3 fully saturated rings. The van der Waals surface area contributed by atoms with E-state index in [-0.39, 0.29) is 23.3 Å². The van der Waals surface area contributed by atoms with Crippen LogP contribution in [0.2, 0.25) is 5.02 Å². The Labute approximate surface area is 325 Å². The number of amides is 1. The van der Waals surface area contributed by atoms with Crippen LogP contribution in [0.15, 0.2) is 48.6 Å². The molecular weight excluding hydrogens is 727 g/mol. The summed E-state index contributed by atoms with van der Waals surface area (Å²) in [7, 11) is -2.16. The van der Waals surface area contributed by atoms with Gasteiger partial charge in [-0.15, -0.1) is 0 Å². The minimum absolute atomic E-state index is 0.203. The van der Waals surface area contributed by atoms with Gasteiger partial charge in [0.25, 0.3) is 5.91 Å². The second-order valence-electron chi connectivity index (χ2n) is 17.2. The number of allylic oxidation sites excluding steroid dienone is 1. The van der Waals surface area contributed by atoms with Gasteiger partial charge in [0.15, 0.2) is 0 Å². The highest BCUT2D eigenvalue weighted by Gasteiger charge is 2.50. The Morgan fingerprint density at radius 1 is 1.07 bits per heavy atom. The molecule has 2 aliphatic carbocycles. The number of piperazine rings is 1. The number of hydrogen-bond acceptors (Lipinski definition) is 8. The number of hydrogen-bond donors (Lipinski definition) is 1. The van der Waals surface area contributed by atoms with E-state index in [1.165, 1.54) is 11.1 Å². The number of ether oxygens (including phenoxy) is 2. The summed E-state index contributed by atoms with van der Waals surface area (Å²) in [6.07, 6.45) is 10.3. The first-order chi connectivity index (χ1) is 25.9. The Kier molecular flexibility index (Phi) is 10.6. The average Bonchev–Trinajstić information content (AvgIpc) is 3.28. The highest BCUT2D eigenvalue weighted by molar-refractivity contribution is 7.90. The number of aryl methyl sites for hydroxylation is 1. The highest BCUT2D eigenvalue weighted by Crippen LogP contribution is 2.49. The van der Waals surface area contributed by atoms with Gasteiger partial charge in [0.05, 0.1) is 17.5 Å². The van der Waals surface area contributed by atoms with Crippen LogP contribution < -0.4 is 14.4 Å². The minimum atomic E-state index is -3.98. The number of rotatable bonds is 3. The standard InChI is InChI=1S/C42H56ClFN4O5S/c1-28-6-4-16-42(52-3,26-46-18-19-47-17-14-34(44)22-35(47)24-46)37-11-8-32(37)23-48-25-41(15-5-7-30-20-33(43)10-12-36(30)41)27-53-39-13-9-31(21-38(39)48)40(49)45-54(50,51)29(28)2/h4,9-10,12-13,16,20-21,28-29,32,34-35,37H,5-8,11,14-15,17-19,22-27H2,1-3H3,(H,45,49)/b16-4+/t28-,29+,32-,34+,35-,37+,41-,42-/m0/s1. The van der Waals surface area contributed by atoms with Crippen LogP contribution >= 0.6 is 11.6 Å². The first kappa shape index (κ1) is 38.2. The molecular formula is C42H56ClFN4O5S. The lowest BCUT2D eigenvalue weighted by Gasteiger charge is -2.53. The molecule has 12 heteroatoms. The van der Waals surface area contributed by atoms with Gasteiger partial charge in [0.1, 0.15) is 17.5 Å². The fourth-order valence-electron chi connectivity index (χ4n) is 10.5. The van der Waals surface area contributed by atoms with Crippen LogP contribution in [-0.2, 0) is 26.6 Å². The van der Waals surface area contributed by atoms with E-state index in [4.69, 9.17) is 21.1 Å².